The Bertz CT molecular complexity index is 1290. The number of amides is 1. The number of aromatic nitrogens is 3. The van der Waals surface area contributed by atoms with E-state index in [1.54, 1.807) is 18.2 Å². The van der Waals surface area contributed by atoms with Crippen molar-refractivity contribution in [2.24, 2.45) is 12.8 Å². The Kier molecular flexibility index (Phi) is 6.23. The molecule has 2 heterocycles. The first kappa shape index (κ1) is 22.2. The maximum atomic E-state index is 13.5. The fourth-order valence-electron chi connectivity index (χ4n) is 3.48. The second kappa shape index (κ2) is 9.25. The van der Waals surface area contributed by atoms with Gasteiger partial charge in [0.1, 0.15) is 23.0 Å². The van der Waals surface area contributed by atoms with Gasteiger partial charge in [0.2, 0.25) is 5.95 Å². The summed E-state index contributed by atoms with van der Waals surface area (Å²) in [4.78, 5) is 24.3. The number of aryl methyl sites for hydroxylation is 1. The van der Waals surface area contributed by atoms with Crippen LogP contribution in [0.5, 0.6) is 11.5 Å². The molecule has 0 saturated heterocycles. The maximum Gasteiger partial charge on any atom is 0.267 e. The van der Waals surface area contributed by atoms with Crippen molar-refractivity contribution in [1.29, 1.82) is 0 Å². The zero-order valence-corrected chi connectivity index (χ0v) is 18.7. The van der Waals surface area contributed by atoms with Crippen LogP contribution in [0.15, 0.2) is 60.8 Å². The lowest BCUT2D eigenvalue weighted by atomic mass is 10.3. The smallest absolute Gasteiger partial charge is 0.267 e. The maximum absolute atomic E-state index is 13.5. The molecule has 0 atom stereocenters. The third-order valence-electron chi connectivity index (χ3n) is 5.20. The first-order valence-electron chi connectivity index (χ1n) is 10.4. The molecule has 0 unspecified atom stereocenters. The van der Waals surface area contributed by atoms with Gasteiger partial charge < -0.3 is 24.8 Å². The lowest BCUT2D eigenvalue weighted by molar-refractivity contribution is 0.0995. The predicted molar refractivity (Wildman–Crippen MR) is 126 cm³/mol. The minimum atomic E-state index is -0.621. The zero-order chi connectivity index (χ0) is 23.5. The Hall–Kier alpha value is -3.98. The van der Waals surface area contributed by atoms with E-state index in [0.717, 1.165) is 29.2 Å². The molecule has 2 aromatic carbocycles. The van der Waals surface area contributed by atoms with E-state index < -0.39 is 5.91 Å². The summed E-state index contributed by atoms with van der Waals surface area (Å²) in [5.74, 6) is 0.844. The van der Waals surface area contributed by atoms with Crippen molar-refractivity contribution in [2.75, 3.05) is 32.1 Å². The Balaban J connectivity index is 1.69. The van der Waals surface area contributed by atoms with Gasteiger partial charge in [-0.2, -0.15) is 0 Å². The molecule has 33 heavy (non-hydrogen) atoms. The van der Waals surface area contributed by atoms with Crippen molar-refractivity contribution in [3.63, 3.8) is 0 Å². The van der Waals surface area contributed by atoms with Crippen molar-refractivity contribution in [1.82, 2.24) is 19.4 Å². The molecule has 9 heteroatoms. The van der Waals surface area contributed by atoms with Crippen LogP contribution < -0.4 is 15.4 Å². The third kappa shape index (κ3) is 4.93. The summed E-state index contributed by atoms with van der Waals surface area (Å²) in [5.41, 5.74) is 7.94. The van der Waals surface area contributed by atoms with Crippen LogP contribution in [0.1, 0.15) is 10.5 Å². The summed E-state index contributed by atoms with van der Waals surface area (Å²) in [7, 11) is 5.95. The van der Waals surface area contributed by atoms with Crippen molar-refractivity contribution in [3.8, 4) is 11.5 Å². The van der Waals surface area contributed by atoms with E-state index in [1.165, 1.54) is 24.4 Å². The highest BCUT2D eigenvalue weighted by Crippen LogP contribution is 2.31. The van der Waals surface area contributed by atoms with Crippen molar-refractivity contribution < 1.29 is 13.9 Å². The van der Waals surface area contributed by atoms with Crippen LogP contribution in [0.4, 0.5) is 16.0 Å². The summed E-state index contributed by atoms with van der Waals surface area (Å²) in [5, 5.41) is 0. The number of imidazole rings is 1. The van der Waals surface area contributed by atoms with Crippen molar-refractivity contribution in [3.05, 3.63) is 72.3 Å². The van der Waals surface area contributed by atoms with E-state index in [9.17, 15) is 9.18 Å². The molecule has 1 amide bonds. The number of fused-ring (bicyclic) bond motifs is 1. The van der Waals surface area contributed by atoms with Gasteiger partial charge in [-0.15, -0.1) is 0 Å². The first-order chi connectivity index (χ1) is 15.8. The molecule has 0 aliphatic carbocycles. The number of rotatable bonds is 8. The predicted octanol–water partition coefficient (Wildman–Crippen LogP) is 3.70. The summed E-state index contributed by atoms with van der Waals surface area (Å²) >= 11 is 0. The Labute approximate surface area is 191 Å². The number of halogens is 1. The molecule has 8 nitrogen and oxygen atoms in total. The molecule has 0 bridgehead atoms. The first-order valence-corrected chi connectivity index (χ1v) is 10.4. The number of primary amides is 1. The second-order valence-corrected chi connectivity index (χ2v) is 7.90. The SMILES string of the molecule is CN(C)CCN(c1ccc(F)cc1)c1nc2cc(Oc3ccnc(C(N)=O)c3)ccc2n1C. The van der Waals surface area contributed by atoms with Crippen LogP contribution in [-0.2, 0) is 7.05 Å². The number of benzene rings is 2. The van der Waals surface area contributed by atoms with E-state index in [4.69, 9.17) is 15.5 Å². The van der Waals surface area contributed by atoms with Gasteiger partial charge in [0.15, 0.2) is 0 Å². The van der Waals surface area contributed by atoms with E-state index in [-0.39, 0.29) is 11.5 Å². The van der Waals surface area contributed by atoms with E-state index in [1.807, 2.05) is 43.9 Å². The van der Waals surface area contributed by atoms with Gasteiger partial charge in [-0.3, -0.25) is 9.78 Å². The molecule has 170 valence electrons. The Morgan fingerprint density at radius 1 is 1.06 bits per heavy atom. The van der Waals surface area contributed by atoms with Gasteiger partial charge in [0.25, 0.3) is 5.91 Å². The number of likely N-dealkylation sites (N-methyl/N-ethyl adjacent to an activating group) is 1. The minimum absolute atomic E-state index is 0.129. The molecule has 0 spiro atoms. The molecule has 4 aromatic rings. The molecule has 4 rings (SSSR count). The quantitative estimate of drug-likeness (QED) is 0.442. The van der Waals surface area contributed by atoms with Gasteiger partial charge in [-0.25, -0.2) is 9.37 Å². The van der Waals surface area contributed by atoms with Crippen LogP contribution in [0.2, 0.25) is 0 Å². The number of anilines is 2. The minimum Gasteiger partial charge on any atom is -0.457 e. The van der Waals surface area contributed by atoms with Crippen molar-refractivity contribution in [2.45, 2.75) is 0 Å². The molecular weight excluding hydrogens is 423 g/mol. The van der Waals surface area contributed by atoms with Crippen LogP contribution in [-0.4, -0.2) is 52.5 Å². The largest absolute Gasteiger partial charge is 0.457 e. The number of nitrogens with zero attached hydrogens (tertiary/aromatic N) is 5. The van der Waals surface area contributed by atoms with E-state index in [2.05, 4.69) is 14.8 Å². The molecule has 2 aromatic heterocycles. The highest BCUT2D eigenvalue weighted by molar-refractivity contribution is 5.91. The third-order valence-corrected chi connectivity index (χ3v) is 5.20. The molecule has 0 saturated carbocycles. The van der Waals surface area contributed by atoms with Crippen molar-refractivity contribution >= 4 is 28.6 Å². The Morgan fingerprint density at radius 3 is 2.48 bits per heavy atom. The van der Waals surface area contributed by atoms with E-state index in [0.29, 0.717) is 18.0 Å². The summed E-state index contributed by atoms with van der Waals surface area (Å²) in [6.07, 6.45) is 1.47. The van der Waals surface area contributed by atoms with Crippen LogP contribution in [0.3, 0.4) is 0 Å². The molecule has 2 N–H and O–H groups in total. The number of hydrogen-bond acceptors (Lipinski definition) is 6. The number of hydrogen-bond donors (Lipinski definition) is 1. The van der Waals surface area contributed by atoms with E-state index >= 15 is 0 Å². The highest BCUT2D eigenvalue weighted by atomic mass is 19.1. The zero-order valence-electron chi connectivity index (χ0n) is 18.7. The molecule has 0 fully saturated rings. The number of ether oxygens (including phenoxy) is 1. The lowest BCUT2D eigenvalue weighted by Gasteiger charge is -2.25. The van der Waals surface area contributed by atoms with Crippen LogP contribution >= 0.6 is 0 Å². The molecule has 0 aliphatic rings. The monoisotopic (exact) mass is 448 g/mol. The second-order valence-electron chi connectivity index (χ2n) is 7.90. The van der Waals surface area contributed by atoms with Gasteiger partial charge >= 0.3 is 0 Å². The normalized spacial score (nSPS) is 11.2. The fraction of sp³-hybridized carbons (Fsp3) is 0.208. The number of pyridine rings is 1. The molecular formula is C24H25FN6O2. The summed E-state index contributed by atoms with van der Waals surface area (Å²) < 4.78 is 21.4. The lowest BCUT2D eigenvalue weighted by Crippen LogP contribution is -2.29. The van der Waals surface area contributed by atoms with Gasteiger partial charge in [-0.05, 0) is 56.6 Å². The fourth-order valence-corrected chi connectivity index (χ4v) is 3.48. The average Bonchev–Trinajstić information content (AvgIpc) is 3.10. The highest BCUT2D eigenvalue weighted by Gasteiger charge is 2.18. The van der Waals surface area contributed by atoms with Gasteiger partial charge in [0, 0.05) is 44.2 Å². The topological polar surface area (TPSA) is 89.5 Å². The van der Waals surface area contributed by atoms with Gasteiger partial charge in [-0.1, -0.05) is 0 Å². The molecule has 0 radical (unpaired) electrons. The summed E-state index contributed by atoms with van der Waals surface area (Å²) in [6.45, 7) is 1.46. The Morgan fingerprint density at radius 2 is 1.79 bits per heavy atom. The standard InChI is InChI=1S/C24H25FN6O2/c1-29(2)12-13-31(17-6-4-16(25)5-7-17)24-28-20-14-18(8-9-22(20)30(24)3)33-19-10-11-27-21(15-19)23(26)32/h4-11,14-15H,12-13H2,1-3H3,(H2,26,32). The van der Waals surface area contributed by atoms with Crippen LogP contribution in [0, 0.1) is 5.82 Å². The summed E-state index contributed by atoms with van der Waals surface area (Å²) in [6, 6.07) is 15.1. The molecule has 0 aliphatic heterocycles. The average molecular weight is 449 g/mol. The number of nitrogens with two attached hydrogens (primary N) is 1. The number of carbonyl (C=O) groups excluding carboxylic acids is 1. The van der Waals surface area contributed by atoms with Crippen LogP contribution in [0.25, 0.3) is 11.0 Å². The van der Waals surface area contributed by atoms with Gasteiger partial charge in [0.05, 0.1) is 11.0 Å². The number of carbonyl (C=O) groups is 1.